The monoisotopic (exact) mass is 632 g/mol. The number of rotatable bonds is 11. The lowest BCUT2D eigenvalue weighted by molar-refractivity contribution is -0.433. The molecule has 14 heteroatoms. The molecule has 1 aromatic rings. The van der Waals surface area contributed by atoms with Crippen molar-refractivity contribution in [1.29, 1.82) is 0 Å². The first-order valence-corrected chi connectivity index (χ1v) is 16.3. The molecular weight excluding hydrogens is 596 g/mol. The van der Waals surface area contributed by atoms with Crippen molar-refractivity contribution in [2.24, 2.45) is 46.3 Å². The number of esters is 2. The van der Waals surface area contributed by atoms with E-state index in [1.807, 2.05) is 0 Å². The SMILES string of the molecule is O=C(CC12CC3CC(CC(C3)C1)C2)Oc1cc(C(=O)OCC23CC4CC(CC(C4)C2)C3)c([N+](=O)[O-])c(SOOO)c1[N+](=O)[O-]. The first kappa shape index (κ1) is 29.9. The van der Waals surface area contributed by atoms with Crippen LogP contribution in [0.1, 0.15) is 93.8 Å². The third kappa shape index (κ3) is 5.47. The van der Waals surface area contributed by atoms with Gasteiger partial charge in [-0.3, -0.25) is 25.0 Å². The molecule has 13 nitrogen and oxygen atoms in total. The van der Waals surface area contributed by atoms with Crippen molar-refractivity contribution >= 4 is 35.4 Å². The summed E-state index contributed by atoms with van der Waals surface area (Å²) in [5.41, 5.74) is -2.93. The van der Waals surface area contributed by atoms with Crippen LogP contribution in [0.2, 0.25) is 0 Å². The number of hydrogen-bond acceptors (Lipinski definition) is 12. The van der Waals surface area contributed by atoms with Gasteiger partial charge in [-0.1, -0.05) is 5.04 Å². The van der Waals surface area contributed by atoms with Gasteiger partial charge in [-0.25, -0.2) is 10.1 Å². The lowest BCUT2D eigenvalue weighted by atomic mass is 9.49. The molecule has 1 N–H and O–H groups in total. The summed E-state index contributed by atoms with van der Waals surface area (Å²) < 4.78 is 15.7. The first-order chi connectivity index (χ1) is 21.0. The van der Waals surface area contributed by atoms with E-state index in [2.05, 4.69) is 9.37 Å². The molecule has 8 aliphatic rings. The highest BCUT2D eigenvalue weighted by Crippen LogP contribution is 2.62. The van der Waals surface area contributed by atoms with Gasteiger partial charge in [-0.05, 0) is 118 Å². The first-order valence-electron chi connectivity index (χ1n) is 15.6. The van der Waals surface area contributed by atoms with Crippen LogP contribution in [0.3, 0.4) is 0 Å². The predicted octanol–water partition coefficient (Wildman–Crippen LogP) is 6.82. The van der Waals surface area contributed by atoms with Gasteiger partial charge in [-0.2, -0.15) is 0 Å². The van der Waals surface area contributed by atoms with E-state index >= 15 is 0 Å². The zero-order chi connectivity index (χ0) is 30.8. The van der Waals surface area contributed by atoms with Gasteiger partial charge in [0, 0.05) is 11.5 Å². The van der Waals surface area contributed by atoms with Crippen molar-refractivity contribution in [3.63, 3.8) is 0 Å². The average Bonchev–Trinajstić information content (AvgIpc) is 2.92. The van der Waals surface area contributed by atoms with Gasteiger partial charge in [0.05, 0.1) is 34.9 Å². The standard InChI is InChI=1S/C30H36N2O11S/c33-24(14-29-8-16-1-17(9-29)3-18(2-16)10-29)41-23-7-22(25(31(35)36)27(44-43-42-39)26(23)32(37)38)28(34)40-15-30-11-19-4-20(12-30)6-21(5-19)13-30/h7,16-21,39H,1-6,8-15H2. The van der Waals surface area contributed by atoms with Crippen molar-refractivity contribution in [2.75, 3.05) is 6.61 Å². The molecule has 0 radical (unpaired) electrons. The number of nitrogens with zero attached hydrogens (tertiary/aromatic N) is 2. The molecule has 0 aromatic heterocycles. The minimum Gasteiger partial charge on any atom is -0.461 e. The molecule has 0 amide bonds. The summed E-state index contributed by atoms with van der Waals surface area (Å²) in [5, 5.41) is 36.8. The molecule has 1 aromatic carbocycles. The minimum atomic E-state index is -1.05. The van der Waals surface area contributed by atoms with Crippen LogP contribution < -0.4 is 4.74 Å². The Morgan fingerprint density at radius 2 is 1.30 bits per heavy atom. The highest BCUT2D eigenvalue weighted by atomic mass is 32.2. The molecule has 8 bridgehead atoms. The number of nitro benzene ring substituents is 2. The van der Waals surface area contributed by atoms with E-state index in [9.17, 15) is 29.8 Å². The smallest absolute Gasteiger partial charge is 0.345 e. The van der Waals surface area contributed by atoms with Crippen LogP contribution in [-0.4, -0.2) is 33.6 Å². The van der Waals surface area contributed by atoms with Gasteiger partial charge < -0.3 is 9.47 Å². The van der Waals surface area contributed by atoms with E-state index in [1.54, 1.807) is 0 Å². The van der Waals surface area contributed by atoms with Crippen LogP contribution in [0, 0.1) is 66.6 Å². The number of ether oxygens (including phenoxy) is 2. The van der Waals surface area contributed by atoms with E-state index < -0.39 is 49.4 Å². The van der Waals surface area contributed by atoms with Crippen LogP contribution >= 0.6 is 12.0 Å². The van der Waals surface area contributed by atoms with Gasteiger partial charge in [0.1, 0.15) is 5.56 Å². The molecular formula is C30H36N2O11S. The maximum Gasteiger partial charge on any atom is 0.345 e. The maximum absolute atomic E-state index is 13.5. The van der Waals surface area contributed by atoms with Gasteiger partial charge in [-0.15, -0.1) is 4.33 Å². The van der Waals surface area contributed by atoms with Crippen molar-refractivity contribution in [3.8, 4) is 5.75 Å². The Morgan fingerprint density at radius 3 is 1.75 bits per heavy atom. The Hall–Kier alpha value is -2.81. The summed E-state index contributed by atoms with van der Waals surface area (Å²) in [6.45, 7) is 0.0867. The Labute approximate surface area is 257 Å². The van der Waals surface area contributed by atoms with Crippen molar-refractivity contribution in [1.82, 2.24) is 0 Å². The second kappa shape index (κ2) is 11.2. The normalized spacial score (nSPS) is 35.9. The molecule has 0 spiro atoms. The Balaban J connectivity index is 1.18. The molecule has 0 aliphatic heterocycles. The highest BCUT2D eigenvalue weighted by Gasteiger charge is 2.53. The highest BCUT2D eigenvalue weighted by molar-refractivity contribution is 7.94. The number of hydrogen-bond donors (Lipinski definition) is 1. The Bertz CT molecular complexity index is 1330. The number of carbonyl (C=O) groups is 2. The maximum atomic E-state index is 13.5. The van der Waals surface area contributed by atoms with Gasteiger partial charge in [0.25, 0.3) is 0 Å². The molecule has 8 fully saturated rings. The summed E-state index contributed by atoms with van der Waals surface area (Å²) in [7, 11) is 0. The molecule has 0 saturated heterocycles. The van der Waals surface area contributed by atoms with Crippen LogP contribution in [0.4, 0.5) is 11.4 Å². The molecule has 0 unspecified atom stereocenters. The number of nitro groups is 2. The molecule has 44 heavy (non-hydrogen) atoms. The minimum absolute atomic E-state index is 0.0311. The second-order valence-electron chi connectivity index (χ2n) is 14.8. The van der Waals surface area contributed by atoms with E-state index in [4.69, 9.17) is 14.7 Å². The Morgan fingerprint density at radius 1 is 0.818 bits per heavy atom. The lowest BCUT2D eigenvalue weighted by Crippen LogP contribution is -2.48. The van der Waals surface area contributed by atoms with Crippen LogP contribution in [0.25, 0.3) is 0 Å². The molecule has 9 rings (SSSR count). The van der Waals surface area contributed by atoms with Crippen LogP contribution in [0.15, 0.2) is 11.0 Å². The van der Waals surface area contributed by atoms with Crippen molar-refractivity contribution in [2.45, 2.75) is 88.4 Å². The third-order valence-electron chi connectivity index (χ3n) is 11.5. The molecule has 8 aliphatic carbocycles. The summed E-state index contributed by atoms with van der Waals surface area (Å²) >= 11 is -0.0311. The van der Waals surface area contributed by atoms with E-state index in [0.717, 1.165) is 44.6 Å². The quantitative estimate of drug-likeness (QED) is 0.0673. The van der Waals surface area contributed by atoms with Gasteiger partial charge in [0.2, 0.25) is 5.75 Å². The number of benzene rings is 1. The van der Waals surface area contributed by atoms with Crippen LogP contribution in [0.5, 0.6) is 5.75 Å². The predicted molar refractivity (Wildman–Crippen MR) is 152 cm³/mol. The zero-order valence-corrected chi connectivity index (χ0v) is 25.1. The number of carbonyl (C=O) groups excluding carboxylic acids is 2. The van der Waals surface area contributed by atoms with E-state index in [-0.39, 0.29) is 35.9 Å². The third-order valence-corrected chi connectivity index (χ3v) is 12.2. The van der Waals surface area contributed by atoms with Crippen molar-refractivity contribution in [3.05, 3.63) is 31.9 Å². The van der Waals surface area contributed by atoms with E-state index in [0.29, 0.717) is 35.5 Å². The van der Waals surface area contributed by atoms with Gasteiger partial charge in [0.15, 0.2) is 4.90 Å². The van der Waals surface area contributed by atoms with Crippen molar-refractivity contribution < 1.29 is 43.5 Å². The molecule has 0 atom stereocenters. The molecule has 0 heterocycles. The molecule has 8 saturated carbocycles. The van der Waals surface area contributed by atoms with Gasteiger partial charge >= 0.3 is 23.3 Å². The van der Waals surface area contributed by atoms with Crippen LogP contribution in [-0.2, 0) is 18.9 Å². The Kier molecular flexibility index (Phi) is 7.61. The second-order valence-corrected chi connectivity index (χ2v) is 15.5. The topological polar surface area (TPSA) is 178 Å². The fourth-order valence-corrected chi connectivity index (χ4v) is 11.7. The summed E-state index contributed by atoms with van der Waals surface area (Å²) in [6.07, 6.45) is 12.7. The molecule has 238 valence electrons. The largest absolute Gasteiger partial charge is 0.461 e. The summed E-state index contributed by atoms with van der Waals surface area (Å²) in [4.78, 5) is 48.7. The lowest BCUT2D eigenvalue weighted by Gasteiger charge is -2.56. The van der Waals surface area contributed by atoms with E-state index in [1.165, 1.54) is 38.5 Å². The average molecular weight is 633 g/mol. The fourth-order valence-electron chi connectivity index (χ4n) is 11.1. The summed E-state index contributed by atoms with van der Waals surface area (Å²) in [6, 6.07) is 0.861. The zero-order valence-electron chi connectivity index (χ0n) is 24.3. The summed E-state index contributed by atoms with van der Waals surface area (Å²) in [5.74, 6) is 1.10. The fraction of sp³-hybridized carbons (Fsp3) is 0.733.